The van der Waals surface area contributed by atoms with Crippen molar-refractivity contribution in [2.75, 3.05) is 31.5 Å². The number of urea groups is 1. The Morgan fingerprint density at radius 3 is 2.55 bits per heavy atom. The summed E-state index contributed by atoms with van der Waals surface area (Å²) in [5.74, 6) is 1.69. The van der Waals surface area contributed by atoms with Crippen LogP contribution >= 0.6 is 15.9 Å². The lowest BCUT2D eigenvalue weighted by Crippen LogP contribution is -2.62. The summed E-state index contributed by atoms with van der Waals surface area (Å²) in [6, 6.07) is 19.9. The van der Waals surface area contributed by atoms with Gasteiger partial charge in [-0.3, -0.25) is 9.88 Å². The average Bonchev–Trinajstić information content (AvgIpc) is 2.81. The van der Waals surface area contributed by atoms with Gasteiger partial charge in [0.15, 0.2) is 0 Å². The second-order valence-electron chi connectivity index (χ2n) is 9.01. The van der Waals surface area contributed by atoms with Gasteiger partial charge in [-0.1, -0.05) is 28.1 Å². The summed E-state index contributed by atoms with van der Waals surface area (Å²) < 4.78 is 7.05. The standard InChI is InChI=1S/C26H27BrN4O2/c27-21-6-8-23(9-7-21)33-24-5-1-3-20(15-24)17-30-13-10-26(11-14-30)18-31(19-26)25(32)29-22-4-2-12-28-16-22/h1-9,12,15-16H,10-11,13-14,17-19H2,(H,29,32). The number of pyridine rings is 1. The number of aromatic nitrogens is 1. The molecule has 0 radical (unpaired) electrons. The zero-order chi connectivity index (χ0) is 22.7. The SMILES string of the molecule is O=C(Nc1cccnc1)N1CC2(CCN(Cc3cccc(Oc4ccc(Br)cc4)c3)CC2)C1. The summed E-state index contributed by atoms with van der Waals surface area (Å²) in [5.41, 5.74) is 2.27. The van der Waals surface area contributed by atoms with E-state index in [-0.39, 0.29) is 11.4 Å². The van der Waals surface area contributed by atoms with Crippen LogP contribution in [0.4, 0.5) is 10.5 Å². The Bertz CT molecular complexity index is 1090. The number of amides is 2. The highest BCUT2D eigenvalue weighted by Gasteiger charge is 2.46. The summed E-state index contributed by atoms with van der Waals surface area (Å²) >= 11 is 3.45. The Balaban J connectivity index is 1.10. The Morgan fingerprint density at radius 2 is 1.82 bits per heavy atom. The first kappa shape index (κ1) is 21.9. The maximum absolute atomic E-state index is 12.5. The zero-order valence-electron chi connectivity index (χ0n) is 18.4. The van der Waals surface area contributed by atoms with Crippen LogP contribution < -0.4 is 10.1 Å². The number of piperidine rings is 1. The number of benzene rings is 2. The number of likely N-dealkylation sites (tertiary alicyclic amines) is 2. The van der Waals surface area contributed by atoms with E-state index in [4.69, 9.17) is 4.74 Å². The summed E-state index contributed by atoms with van der Waals surface area (Å²) in [6.45, 7) is 4.69. The van der Waals surface area contributed by atoms with Crippen molar-refractivity contribution in [1.29, 1.82) is 0 Å². The minimum Gasteiger partial charge on any atom is -0.457 e. The van der Waals surface area contributed by atoms with Gasteiger partial charge in [0.05, 0.1) is 11.9 Å². The number of halogens is 1. The predicted molar refractivity (Wildman–Crippen MR) is 132 cm³/mol. The van der Waals surface area contributed by atoms with E-state index in [9.17, 15) is 4.79 Å². The van der Waals surface area contributed by atoms with E-state index in [0.717, 1.165) is 67.2 Å². The maximum atomic E-state index is 12.5. The number of carbonyl (C=O) groups excluding carboxylic acids is 1. The lowest BCUT2D eigenvalue weighted by atomic mass is 9.72. The van der Waals surface area contributed by atoms with Crippen molar-refractivity contribution >= 4 is 27.6 Å². The molecule has 2 fully saturated rings. The quantitative estimate of drug-likeness (QED) is 0.477. The molecule has 1 aromatic heterocycles. The van der Waals surface area contributed by atoms with Gasteiger partial charge in [0, 0.05) is 35.7 Å². The normalized spacial score (nSPS) is 17.4. The minimum absolute atomic E-state index is 0.0290. The first-order valence-corrected chi connectivity index (χ1v) is 12.1. The topological polar surface area (TPSA) is 57.7 Å². The number of ether oxygens (including phenoxy) is 1. The molecule has 0 bridgehead atoms. The third-order valence-electron chi connectivity index (χ3n) is 6.52. The highest BCUT2D eigenvalue weighted by atomic mass is 79.9. The average molecular weight is 507 g/mol. The molecule has 2 aliphatic rings. The van der Waals surface area contributed by atoms with Crippen LogP contribution in [0.3, 0.4) is 0 Å². The monoisotopic (exact) mass is 506 g/mol. The second-order valence-corrected chi connectivity index (χ2v) is 9.92. The highest BCUT2D eigenvalue weighted by Crippen LogP contribution is 2.41. The van der Waals surface area contributed by atoms with Crippen molar-refractivity contribution in [3.05, 3.63) is 83.1 Å². The maximum Gasteiger partial charge on any atom is 0.321 e. The van der Waals surface area contributed by atoms with Gasteiger partial charge in [0.2, 0.25) is 0 Å². The molecule has 33 heavy (non-hydrogen) atoms. The molecule has 1 spiro atoms. The van der Waals surface area contributed by atoms with Crippen LogP contribution in [-0.4, -0.2) is 47.0 Å². The molecular weight excluding hydrogens is 480 g/mol. The third-order valence-corrected chi connectivity index (χ3v) is 7.05. The van der Waals surface area contributed by atoms with Gasteiger partial charge >= 0.3 is 6.03 Å². The number of anilines is 1. The Labute approximate surface area is 202 Å². The zero-order valence-corrected chi connectivity index (χ0v) is 20.0. The highest BCUT2D eigenvalue weighted by molar-refractivity contribution is 9.10. The molecule has 0 saturated carbocycles. The second kappa shape index (κ2) is 9.53. The Kier molecular flexibility index (Phi) is 6.33. The molecule has 3 aromatic rings. The third kappa shape index (κ3) is 5.37. The molecule has 2 amide bonds. The van der Waals surface area contributed by atoms with Crippen LogP contribution in [0.25, 0.3) is 0 Å². The molecule has 5 rings (SSSR count). The van der Waals surface area contributed by atoms with Crippen molar-refractivity contribution in [2.24, 2.45) is 5.41 Å². The van der Waals surface area contributed by atoms with Gasteiger partial charge < -0.3 is 15.0 Å². The Morgan fingerprint density at radius 1 is 1.03 bits per heavy atom. The van der Waals surface area contributed by atoms with Crippen molar-refractivity contribution in [3.63, 3.8) is 0 Å². The van der Waals surface area contributed by atoms with E-state index in [0.29, 0.717) is 0 Å². The molecular formula is C26H27BrN4O2. The van der Waals surface area contributed by atoms with E-state index in [1.807, 2.05) is 47.4 Å². The number of carbonyl (C=O) groups is 1. The Hall–Kier alpha value is -2.90. The van der Waals surface area contributed by atoms with Crippen molar-refractivity contribution in [2.45, 2.75) is 19.4 Å². The molecule has 2 aromatic carbocycles. The smallest absolute Gasteiger partial charge is 0.321 e. The fourth-order valence-corrected chi connectivity index (χ4v) is 4.92. The van der Waals surface area contributed by atoms with Crippen LogP contribution in [0.1, 0.15) is 18.4 Å². The molecule has 3 heterocycles. The van der Waals surface area contributed by atoms with E-state index in [1.54, 1.807) is 12.4 Å². The largest absolute Gasteiger partial charge is 0.457 e. The van der Waals surface area contributed by atoms with Gasteiger partial charge in [-0.25, -0.2) is 4.79 Å². The lowest BCUT2D eigenvalue weighted by Gasteiger charge is -2.53. The first-order valence-electron chi connectivity index (χ1n) is 11.3. The van der Waals surface area contributed by atoms with E-state index in [2.05, 4.69) is 49.3 Å². The summed E-state index contributed by atoms with van der Waals surface area (Å²) in [4.78, 5) is 20.9. The number of nitrogens with zero attached hydrogens (tertiary/aromatic N) is 3. The van der Waals surface area contributed by atoms with Crippen LogP contribution in [0.5, 0.6) is 11.5 Å². The van der Waals surface area contributed by atoms with Gasteiger partial charge in [-0.05, 0) is 80.0 Å². The number of rotatable bonds is 5. The van der Waals surface area contributed by atoms with Crippen LogP contribution in [0.15, 0.2) is 77.5 Å². The van der Waals surface area contributed by atoms with Crippen molar-refractivity contribution in [1.82, 2.24) is 14.8 Å². The number of hydrogen-bond donors (Lipinski definition) is 1. The minimum atomic E-state index is -0.0290. The fourth-order valence-electron chi connectivity index (χ4n) is 4.65. The summed E-state index contributed by atoms with van der Waals surface area (Å²) in [5, 5.41) is 2.93. The predicted octanol–water partition coefficient (Wildman–Crippen LogP) is 5.77. The van der Waals surface area contributed by atoms with E-state index in [1.165, 1.54) is 5.56 Å². The van der Waals surface area contributed by atoms with Gasteiger partial charge in [-0.2, -0.15) is 0 Å². The molecule has 2 saturated heterocycles. The summed E-state index contributed by atoms with van der Waals surface area (Å²) in [6.07, 6.45) is 5.62. The molecule has 6 nitrogen and oxygen atoms in total. The summed E-state index contributed by atoms with van der Waals surface area (Å²) in [7, 11) is 0. The molecule has 0 unspecified atom stereocenters. The molecule has 170 valence electrons. The lowest BCUT2D eigenvalue weighted by molar-refractivity contribution is -0.0200. The van der Waals surface area contributed by atoms with Gasteiger partial charge in [0.1, 0.15) is 11.5 Å². The van der Waals surface area contributed by atoms with Gasteiger partial charge in [0.25, 0.3) is 0 Å². The van der Waals surface area contributed by atoms with Gasteiger partial charge in [-0.15, -0.1) is 0 Å². The van der Waals surface area contributed by atoms with Crippen molar-refractivity contribution < 1.29 is 9.53 Å². The number of hydrogen-bond acceptors (Lipinski definition) is 4. The fraction of sp³-hybridized carbons (Fsp3) is 0.308. The van der Waals surface area contributed by atoms with E-state index < -0.39 is 0 Å². The molecule has 7 heteroatoms. The van der Waals surface area contributed by atoms with Crippen molar-refractivity contribution in [3.8, 4) is 11.5 Å². The first-order chi connectivity index (χ1) is 16.1. The van der Waals surface area contributed by atoms with Crippen LogP contribution in [0.2, 0.25) is 0 Å². The molecule has 0 aliphatic carbocycles. The van der Waals surface area contributed by atoms with E-state index >= 15 is 0 Å². The van der Waals surface area contributed by atoms with Crippen LogP contribution in [-0.2, 0) is 6.54 Å². The molecule has 1 N–H and O–H groups in total. The molecule has 0 atom stereocenters. The number of nitrogens with one attached hydrogen (secondary N) is 1. The molecule has 2 aliphatic heterocycles. The van der Waals surface area contributed by atoms with Crippen LogP contribution in [0, 0.1) is 5.41 Å².